The normalized spacial score (nSPS) is 29.0. The number of hydrogen-bond acceptors (Lipinski definition) is 4. The van der Waals surface area contributed by atoms with Gasteiger partial charge < -0.3 is 15.2 Å². The maximum atomic E-state index is 11.5. The zero-order valence-corrected chi connectivity index (χ0v) is 18.4. The zero-order valence-electron chi connectivity index (χ0n) is 18.4. The number of amides is 1. The number of ether oxygens (including phenoxy) is 1. The summed E-state index contributed by atoms with van der Waals surface area (Å²) in [5.41, 5.74) is 3.53. The molecule has 1 saturated heterocycles. The summed E-state index contributed by atoms with van der Waals surface area (Å²) in [4.78, 5) is 14.0. The summed E-state index contributed by atoms with van der Waals surface area (Å²) >= 11 is 0. The summed E-state index contributed by atoms with van der Waals surface area (Å²) in [5.74, 6) is 0.680. The van der Waals surface area contributed by atoms with Crippen molar-refractivity contribution in [2.24, 2.45) is 11.8 Å². The van der Waals surface area contributed by atoms with E-state index in [0.29, 0.717) is 18.4 Å². The zero-order chi connectivity index (χ0) is 21.6. The highest BCUT2D eigenvalue weighted by Gasteiger charge is 2.56. The van der Waals surface area contributed by atoms with Crippen LogP contribution in [0.2, 0.25) is 0 Å². The molecular weight excluding hydrogens is 388 g/mol. The topological polar surface area (TPSA) is 61.8 Å². The minimum Gasteiger partial charge on any atom is -0.388 e. The van der Waals surface area contributed by atoms with E-state index >= 15 is 0 Å². The maximum absolute atomic E-state index is 11.5. The molecule has 1 amide bonds. The summed E-state index contributed by atoms with van der Waals surface area (Å²) in [6.45, 7) is 4.09. The van der Waals surface area contributed by atoms with Crippen molar-refractivity contribution in [3.8, 4) is 0 Å². The van der Waals surface area contributed by atoms with Crippen LogP contribution in [-0.4, -0.2) is 48.3 Å². The number of methoxy groups -OCH3 is 1. The molecule has 0 aromatic heterocycles. The van der Waals surface area contributed by atoms with Gasteiger partial charge in [0, 0.05) is 64.0 Å². The van der Waals surface area contributed by atoms with Crippen molar-refractivity contribution < 1.29 is 14.6 Å². The predicted molar refractivity (Wildman–Crippen MR) is 121 cm³/mol. The van der Waals surface area contributed by atoms with Gasteiger partial charge in [0.1, 0.15) is 5.60 Å². The quantitative estimate of drug-likeness (QED) is 0.779. The molecule has 2 unspecified atom stereocenters. The third-order valence-corrected chi connectivity index (χ3v) is 7.68. The second-order valence-electron chi connectivity index (χ2n) is 9.77. The van der Waals surface area contributed by atoms with Crippen molar-refractivity contribution in [1.82, 2.24) is 4.90 Å². The molecule has 3 aliphatic rings. The lowest BCUT2D eigenvalue weighted by Crippen LogP contribution is -2.56. The first-order chi connectivity index (χ1) is 14.9. The molecule has 0 radical (unpaired) electrons. The van der Waals surface area contributed by atoms with E-state index in [1.165, 1.54) is 18.1 Å². The molecule has 164 valence electrons. The van der Waals surface area contributed by atoms with Gasteiger partial charge >= 0.3 is 0 Å². The number of nitrogens with one attached hydrogen (secondary N) is 1. The Bertz CT molecular complexity index is 949. The SMILES string of the molecule is COC1(c2cccc(NC(C)=O)c2)C2CCC1CN(CC1(O)Cc3ccccc3C1)C2. The number of anilines is 1. The number of hydrogen-bond donors (Lipinski definition) is 2. The fourth-order valence-corrected chi connectivity index (χ4v) is 6.61. The van der Waals surface area contributed by atoms with Gasteiger partial charge in [0.25, 0.3) is 0 Å². The van der Waals surface area contributed by atoms with E-state index in [0.717, 1.165) is 50.0 Å². The molecule has 2 atom stereocenters. The molecule has 1 aliphatic heterocycles. The van der Waals surface area contributed by atoms with Crippen LogP contribution in [0.1, 0.15) is 36.5 Å². The predicted octanol–water partition coefficient (Wildman–Crippen LogP) is 3.36. The average Bonchev–Trinajstić information content (AvgIpc) is 3.16. The van der Waals surface area contributed by atoms with Crippen LogP contribution in [0.15, 0.2) is 48.5 Å². The van der Waals surface area contributed by atoms with Crippen molar-refractivity contribution in [2.75, 3.05) is 32.1 Å². The van der Waals surface area contributed by atoms with Crippen molar-refractivity contribution in [3.05, 3.63) is 65.2 Å². The van der Waals surface area contributed by atoms with E-state index in [-0.39, 0.29) is 11.5 Å². The monoisotopic (exact) mass is 420 g/mol. The molecular formula is C26H32N2O3. The lowest BCUT2D eigenvalue weighted by atomic mass is 9.74. The summed E-state index contributed by atoms with van der Waals surface area (Å²) < 4.78 is 6.30. The van der Waals surface area contributed by atoms with Crippen molar-refractivity contribution in [3.63, 3.8) is 0 Å². The Morgan fingerprint density at radius 2 is 1.74 bits per heavy atom. The molecule has 2 aromatic rings. The van der Waals surface area contributed by atoms with Gasteiger partial charge in [0.2, 0.25) is 5.91 Å². The Morgan fingerprint density at radius 3 is 2.32 bits per heavy atom. The number of carbonyl (C=O) groups excluding carboxylic acids is 1. The first-order valence-electron chi connectivity index (χ1n) is 11.4. The van der Waals surface area contributed by atoms with Crippen LogP contribution in [0.3, 0.4) is 0 Å². The number of likely N-dealkylation sites (tertiary alicyclic amines) is 1. The van der Waals surface area contributed by atoms with Gasteiger partial charge in [-0.2, -0.15) is 0 Å². The van der Waals surface area contributed by atoms with Gasteiger partial charge in [0.15, 0.2) is 0 Å². The first-order valence-corrected chi connectivity index (χ1v) is 11.4. The number of piperidine rings is 1. The highest BCUT2D eigenvalue weighted by molar-refractivity contribution is 5.88. The fourth-order valence-electron chi connectivity index (χ4n) is 6.61. The maximum Gasteiger partial charge on any atom is 0.221 e. The summed E-state index contributed by atoms with van der Waals surface area (Å²) in [5, 5.41) is 14.3. The minimum atomic E-state index is -0.679. The van der Waals surface area contributed by atoms with E-state index < -0.39 is 5.60 Å². The Kier molecular flexibility index (Phi) is 5.16. The number of benzene rings is 2. The van der Waals surface area contributed by atoms with Crippen LogP contribution in [0.25, 0.3) is 0 Å². The summed E-state index contributed by atoms with van der Waals surface area (Å²) in [6.07, 6.45) is 3.72. The highest BCUT2D eigenvalue weighted by atomic mass is 16.5. The van der Waals surface area contributed by atoms with Gasteiger partial charge in [-0.05, 0) is 41.7 Å². The van der Waals surface area contributed by atoms with Crippen LogP contribution in [0.5, 0.6) is 0 Å². The number of fused-ring (bicyclic) bond motifs is 3. The molecule has 2 fully saturated rings. The van der Waals surface area contributed by atoms with Gasteiger partial charge in [-0.3, -0.25) is 9.69 Å². The van der Waals surface area contributed by atoms with E-state index in [1.54, 1.807) is 0 Å². The van der Waals surface area contributed by atoms with E-state index in [1.807, 2.05) is 19.2 Å². The third kappa shape index (κ3) is 3.59. The number of rotatable bonds is 5. The number of β-amino-alcohol motifs (C(OH)–C–C–N with tert-alkyl or cyclic N) is 1. The molecule has 5 rings (SSSR count). The molecule has 5 heteroatoms. The number of aliphatic hydroxyl groups is 1. The smallest absolute Gasteiger partial charge is 0.221 e. The lowest BCUT2D eigenvalue weighted by Gasteiger charge is -2.48. The molecule has 2 bridgehead atoms. The van der Waals surface area contributed by atoms with Gasteiger partial charge in [0.05, 0.1) is 5.60 Å². The van der Waals surface area contributed by atoms with Crippen LogP contribution in [-0.2, 0) is 28.0 Å². The largest absolute Gasteiger partial charge is 0.388 e. The first kappa shape index (κ1) is 20.7. The molecule has 1 saturated carbocycles. The van der Waals surface area contributed by atoms with Crippen molar-refractivity contribution in [2.45, 2.75) is 43.8 Å². The molecule has 0 spiro atoms. The Morgan fingerprint density at radius 1 is 1.10 bits per heavy atom. The van der Waals surface area contributed by atoms with Gasteiger partial charge in [-0.1, -0.05) is 36.4 Å². The van der Waals surface area contributed by atoms with Crippen molar-refractivity contribution in [1.29, 1.82) is 0 Å². The highest BCUT2D eigenvalue weighted by Crippen LogP contribution is 2.54. The molecule has 2 N–H and O–H groups in total. The van der Waals surface area contributed by atoms with Crippen LogP contribution < -0.4 is 5.32 Å². The molecule has 5 nitrogen and oxygen atoms in total. The number of carbonyl (C=O) groups is 1. The van der Waals surface area contributed by atoms with E-state index in [2.05, 4.69) is 46.6 Å². The second-order valence-corrected chi connectivity index (χ2v) is 9.77. The minimum absolute atomic E-state index is 0.0628. The van der Waals surface area contributed by atoms with Crippen LogP contribution in [0.4, 0.5) is 5.69 Å². The van der Waals surface area contributed by atoms with Crippen LogP contribution >= 0.6 is 0 Å². The molecule has 31 heavy (non-hydrogen) atoms. The summed E-state index contributed by atoms with van der Waals surface area (Å²) in [7, 11) is 1.83. The Hall–Kier alpha value is -2.21. The molecule has 1 heterocycles. The second kappa shape index (κ2) is 7.73. The van der Waals surface area contributed by atoms with E-state index in [4.69, 9.17) is 4.74 Å². The van der Waals surface area contributed by atoms with Gasteiger partial charge in [-0.15, -0.1) is 0 Å². The standard InChI is InChI=1S/C26H32N2O3/c1-18(29)27-24-9-5-8-21(12-24)26(31-2)22-10-11-23(26)16-28(15-22)17-25(30)13-19-6-3-4-7-20(19)14-25/h3-9,12,22-23,30H,10-11,13-17H2,1-2H3,(H,27,29). The van der Waals surface area contributed by atoms with Crippen molar-refractivity contribution >= 4 is 11.6 Å². The molecule has 2 aliphatic carbocycles. The number of nitrogens with zero attached hydrogens (tertiary/aromatic N) is 1. The lowest BCUT2D eigenvalue weighted by molar-refractivity contribution is -0.128. The Labute approximate surface area is 184 Å². The van der Waals surface area contributed by atoms with E-state index in [9.17, 15) is 9.90 Å². The van der Waals surface area contributed by atoms with Crippen LogP contribution in [0, 0.1) is 11.8 Å². The average molecular weight is 421 g/mol. The third-order valence-electron chi connectivity index (χ3n) is 7.68. The Balaban J connectivity index is 1.35. The van der Waals surface area contributed by atoms with Gasteiger partial charge in [-0.25, -0.2) is 0 Å². The summed E-state index contributed by atoms with van der Waals surface area (Å²) in [6, 6.07) is 16.6. The fraction of sp³-hybridized carbons (Fsp3) is 0.500. The molecule has 2 aromatic carbocycles.